The van der Waals surface area contributed by atoms with Crippen LogP contribution >= 0.6 is 23.4 Å². The molecule has 5 nitrogen and oxygen atoms in total. The molecule has 2 atom stereocenters. The average Bonchev–Trinajstić information content (AvgIpc) is 3.12. The number of anilines is 1. The van der Waals surface area contributed by atoms with E-state index >= 15 is 0 Å². The van der Waals surface area contributed by atoms with Crippen LogP contribution in [-0.2, 0) is 27.2 Å². The Hall–Kier alpha value is -2.04. The molecule has 0 N–H and O–H groups in total. The fourth-order valence-corrected chi connectivity index (χ4v) is 8.05. The topological polar surface area (TPSA) is 66.8 Å². The molecule has 2 fully saturated rings. The number of amides is 1. The number of aliphatic imine (C=N–C) groups is 1. The van der Waals surface area contributed by atoms with Crippen LogP contribution in [0.15, 0.2) is 47.5 Å². The Morgan fingerprint density at radius 2 is 1.97 bits per heavy atom. The fourth-order valence-electron chi connectivity index (χ4n) is 3.89. The Morgan fingerprint density at radius 3 is 2.66 bits per heavy atom. The highest BCUT2D eigenvalue weighted by Crippen LogP contribution is 2.43. The van der Waals surface area contributed by atoms with Gasteiger partial charge in [-0.3, -0.25) is 4.79 Å². The minimum atomic E-state index is -4.68. The molecule has 0 saturated carbocycles. The molecule has 2 aliphatic rings. The molecular weight excluding hydrogens is 485 g/mol. The zero-order chi connectivity index (χ0) is 23.3. The summed E-state index contributed by atoms with van der Waals surface area (Å²) in [6.45, 7) is 1.90. The summed E-state index contributed by atoms with van der Waals surface area (Å²) in [5, 5.41) is -0.684. The quantitative estimate of drug-likeness (QED) is 0.617. The van der Waals surface area contributed by atoms with E-state index in [4.69, 9.17) is 11.6 Å². The monoisotopic (exact) mass is 502 g/mol. The first-order valence-electron chi connectivity index (χ1n) is 9.63. The number of carbonyl (C=O) groups is 1. The van der Waals surface area contributed by atoms with Gasteiger partial charge in [-0.2, -0.15) is 18.2 Å². The summed E-state index contributed by atoms with van der Waals surface area (Å²) in [6.07, 6.45) is -4.65. The molecule has 2 aromatic rings. The van der Waals surface area contributed by atoms with Crippen molar-refractivity contribution in [2.45, 2.75) is 30.8 Å². The molecule has 2 heterocycles. The number of rotatable bonds is 3. The van der Waals surface area contributed by atoms with E-state index in [9.17, 15) is 26.4 Å². The predicted octanol–water partition coefficient (Wildman–Crippen LogP) is 4.51. The van der Waals surface area contributed by atoms with E-state index in [0.717, 1.165) is 35.0 Å². The van der Waals surface area contributed by atoms with Crippen LogP contribution < -0.4 is 4.90 Å². The van der Waals surface area contributed by atoms with Crippen LogP contribution in [0.1, 0.15) is 16.7 Å². The van der Waals surface area contributed by atoms with Gasteiger partial charge in [-0.25, -0.2) is 8.42 Å². The number of halogens is 4. The summed E-state index contributed by atoms with van der Waals surface area (Å²) in [7, 11) is -3.35. The summed E-state index contributed by atoms with van der Waals surface area (Å²) < 4.78 is 64.5. The number of benzene rings is 2. The maximum absolute atomic E-state index is 13.4. The van der Waals surface area contributed by atoms with Crippen molar-refractivity contribution in [3.05, 3.63) is 64.2 Å². The summed E-state index contributed by atoms with van der Waals surface area (Å²) in [4.78, 5) is 18.2. The number of fused-ring (bicyclic) bond motifs is 1. The van der Waals surface area contributed by atoms with Gasteiger partial charge < -0.3 is 4.90 Å². The smallest absolute Gasteiger partial charge is 0.316 e. The summed E-state index contributed by atoms with van der Waals surface area (Å²) >= 11 is 6.85. The lowest BCUT2D eigenvalue weighted by atomic mass is 10.1. The zero-order valence-electron chi connectivity index (χ0n) is 16.8. The van der Waals surface area contributed by atoms with Gasteiger partial charge >= 0.3 is 6.18 Å². The Bertz CT molecular complexity index is 1220. The third kappa shape index (κ3) is 4.82. The SMILES string of the molecule is Cc1cccc(CC(=O)N=C2S[C@H]3CS(=O)(=O)C[C@H]3N2c2ccc(Cl)c(C(F)(F)F)c2)c1. The fraction of sp³-hybridized carbons (Fsp3) is 0.333. The average molecular weight is 503 g/mol. The van der Waals surface area contributed by atoms with Gasteiger partial charge in [-0.1, -0.05) is 53.2 Å². The number of alkyl halides is 3. The van der Waals surface area contributed by atoms with Gasteiger partial charge in [-0.15, -0.1) is 0 Å². The van der Waals surface area contributed by atoms with E-state index in [1.807, 2.05) is 25.1 Å². The van der Waals surface area contributed by atoms with E-state index in [0.29, 0.717) is 0 Å². The van der Waals surface area contributed by atoms with E-state index in [1.54, 1.807) is 6.07 Å². The number of carbonyl (C=O) groups excluding carboxylic acids is 1. The highest BCUT2D eigenvalue weighted by molar-refractivity contribution is 8.16. The lowest BCUT2D eigenvalue weighted by molar-refractivity contribution is -0.137. The lowest BCUT2D eigenvalue weighted by Crippen LogP contribution is -2.38. The second-order valence-electron chi connectivity index (χ2n) is 7.79. The summed E-state index contributed by atoms with van der Waals surface area (Å²) in [5.74, 6) is -0.806. The molecule has 11 heteroatoms. The number of thioether (sulfide) groups is 1. The van der Waals surface area contributed by atoms with Gasteiger partial charge in [0.05, 0.1) is 34.6 Å². The molecule has 0 unspecified atom stereocenters. The zero-order valence-corrected chi connectivity index (χ0v) is 19.2. The van der Waals surface area contributed by atoms with Crippen molar-refractivity contribution in [3.8, 4) is 0 Å². The van der Waals surface area contributed by atoms with Crippen LogP contribution in [0.2, 0.25) is 5.02 Å². The number of hydrogen-bond donors (Lipinski definition) is 0. The largest absolute Gasteiger partial charge is 0.417 e. The van der Waals surface area contributed by atoms with Gasteiger partial charge in [0.1, 0.15) is 0 Å². The number of aryl methyl sites for hydroxylation is 1. The maximum atomic E-state index is 13.4. The van der Waals surface area contributed by atoms with Gasteiger partial charge in [-0.05, 0) is 30.7 Å². The van der Waals surface area contributed by atoms with E-state index < -0.39 is 43.8 Å². The number of hydrogen-bond acceptors (Lipinski definition) is 4. The highest BCUT2D eigenvalue weighted by Gasteiger charge is 2.49. The number of nitrogens with zero attached hydrogens (tertiary/aromatic N) is 2. The van der Waals surface area contributed by atoms with Crippen LogP contribution in [0.25, 0.3) is 0 Å². The minimum Gasteiger partial charge on any atom is -0.316 e. The molecule has 2 aliphatic heterocycles. The van der Waals surface area contributed by atoms with Crippen molar-refractivity contribution >= 4 is 50.0 Å². The molecule has 0 spiro atoms. The standard InChI is InChI=1S/C21H18ClF3N2O3S2/c1-12-3-2-4-13(7-12)8-19(28)26-20-27(17-10-32(29,30)11-18(17)31-20)14-5-6-16(22)15(9-14)21(23,24)25/h2-7,9,17-18H,8,10-11H2,1H3/t17-,18+/m1/s1. The second-order valence-corrected chi connectivity index (χ2v) is 11.6. The molecule has 32 heavy (non-hydrogen) atoms. The molecule has 4 rings (SSSR count). The van der Waals surface area contributed by atoms with Crippen molar-refractivity contribution in [2.24, 2.45) is 4.99 Å². The highest BCUT2D eigenvalue weighted by atomic mass is 35.5. The molecule has 2 aromatic carbocycles. The van der Waals surface area contributed by atoms with Gasteiger partial charge in [0.2, 0.25) is 0 Å². The van der Waals surface area contributed by atoms with E-state index in [2.05, 4.69) is 4.99 Å². The maximum Gasteiger partial charge on any atom is 0.417 e. The number of sulfone groups is 1. The van der Waals surface area contributed by atoms with Gasteiger partial charge in [0, 0.05) is 10.9 Å². The van der Waals surface area contributed by atoms with Crippen LogP contribution in [0.3, 0.4) is 0 Å². The van der Waals surface area contributed by atoms with Gasteiger partial charge in [0.15, 0.2) is 15.0 Å². The first-order chi connectivity index (χ1) is 14.9. The Labute approximate surface area is 192 Å². The van der Waals surface area contributed by atoms with Crippen molar-refractivity contribution in [3.63, 3.8) is 0 Å². The first-order valence-corrected chi connectivity index (χ1v) is 12.7. The molecule has 2 saturated heterocycles. The van der Waals surface area contributed by atoms with Crippen molar-refractivity contribution in [1.29, 1.82) is 0 Å². The third-order valence-corrected chi connectivity index (χ3v) is 8.80. The second kappa shape index (κ2) is 8.39. The lowest BCUT2D eigenvalue weighted by Gasteiger charge is -2.25. The summed E-state index contributed by atoms with van der Waals surface area (Å²) in [6, 6.07) is 10.1. The van der Waals surface area contributed by atoms with Crippen molar-refractivity contribution < 1.29 is 26.4 Å². The Kier molecular flexibility index (Phi) is 6.06. The molecule has 170 valence electrons. The van der Waals surface area contributed by atoms with Crippen LogP contribution in [0.4, 0.5) is 18.9 Å². The molecule has 0 radical (unpaired) electrons. The number of amidine groups is 1. The van der Waals surface area contributed by atoms with Crippen molar-refractivity contribution in [2.75, 3.05) is 16.4 Å². The first kappa shape index (κ1) is 23.1. The predicted molar refractivity (Wildman–Crippen MR) is 120 cm³/mol. The van der Waals surface area contributed by atoms with Crippen LogP contribution in [-0.4, -0.2) is 42.3 Å². The Morgan fingerprint density at radius 1 is 1.22 bits per heavy atom. The third-order valence-electron chi connectivity index (χ3n) is 5.26. The van der Waals surface area contributed by atoms with E-state index in [-0.39, 0.29) is 28.8 Å². The summed E-state index contributed by atoms with van der Waals surface area (Å²) in [5.41, 5.74) is 0.820. The van der Waals surface area contributed by atoms with Crippen molar-refractivity contribution in [1.82, 2.24) is 0 Å². The van der Waals surface area contributed by atoms with Crippen LogP contribution in [0, 0.1) is 6.92 Å². The van der Waals surface area contributed by atoms with Gasteiger partial charge in [0.25, 0.3) is 5.91 Å². The molecule has 0 aromatic heterocycles. The molecular formula is C21H18ClF3N2O3S2. The van der Waals surface area contributed by atoms with Crippen LogP contribution in [0.5, 0.6) is 0 Å². The Balaban J connectivity index is 1.71. The molecule has 0 bridgehead atoms. The molecule has 0 aliphatic carbocycles. The normalized spacial score (nSPS) is 23.5. The van der Waals surface area contributed by atoms with E-state index in [1.165, 1.54) is 11.0 Å². The minimum absolute atomic E-state index is 0.0294. The molecule has 1 amide bonds.